The molecule has 0 bridgehead atoms. The molecule has 0 aliphatic carbocycles. The number of aliphatic hydroxyl groups is 9. The number of hydrogen-bond acceptors (Lipinski definition) is 11. The second-order valence-electron chi connectivity index (χ2n) is 10.4. The lowest BCUT2D eigenvalue weighted by molar-refractivity contribution is -0.214. The number of ether oxygens (including phenoxy) is 2. The molecule has 10 atom stereocenters. The van der Waals surface area contributed by atoms with E-state index in [9.17, 15) is 46.0 Å². The molecule has 3 heterocycles. The molecule has 2 saturated heterocycles. The summed E-state index contributed by atoms with van der Waals surface area (Å²) in [5.41, 5.74) is 2.64. The van der Waals surface area contributed by atoms with E-state index in [1.165, 1.54) is 0 Å². The third-order valence-corrected chi connectivity index (χ3v) is 7.69. The van der Waals surface area contributed by atoms with Crippen LogP contribution in [0, 0.1) is 23.7 Å². The number of rotatable bonds is 4. The van der Waals surface area contributed by atoms with E-state index in [2.05, 4.69) is 23.7 Å². The minimum atomic E-state index is -1.53. The average molecular weight is 584 g/mol. The van der Waals surface area contributed by atoms with Crippen molar-refractivity contribution >= 4 is 21.8 Å². The molecule has 9 N–H and O–H groups in total. The summed E-state index contributed by atoms with van der Waals surface area (Å²) >= 11 is 0. The Hall–Kier alpha value is -3.08. The molecule has 5 rings (SSSR count). The number of hydrogen-bond donors (Lipinski definition) is 9. The Morgan fingerprint density at radius 1 is 0.595 bits per heavy atom. The minimum absolute atomic E-state index is 0.152. The van der Waals surface area contributed by atoms with Gasteiger partial charge in [-0.15, -0.1) is 0 Å². The van der Waals surface area contributed by atoms with Crippen LogP contribution in [-0.4, -0.2) is 131 Å². The summed E-state index contributed by atoms with van der Waals surface area (Å²) < 4.78 is 12.8. The van der Waals surface area contributed by atoms with Crippen LogP contribution in [-0.2, 0) is 16.0 Å². The van der Waals surface area contributed by atoms with E-state index in [0.29, 0.717) is 11.1 Å². The first-order valence-electron chi connectivity index (χ1n) is 13.5. The van der Waals surface area contributed by atoms with Crippen molar-refractivity contribution in [2.24, 2.45) is 0 Å². The lowest BCUT2D eigenvalue weighted by Crippen LogP contribution is -2.58. The summed E-state index contributed by atoms with van der Waals surface area (Å²) in [4.78, 5) is 0. The third kappa shape index (κ3) is 5.64. The standard InChI is InChI=1S/C30H33NO11/c32-10-9-31-19-11-15(3-7-21-25(35)29(39)27(37)23(13-33)41-21)1-5-17(19)18-6-2-16(12-20(18)31)4-8-22-26(36)30(40)28(38)24(14-34)42-22/h1-2,5-6,11-12,21-30,32-40H,9-10,13-14H2/t21-,22-,23-,24-,25-,26-,27-,28-,29-,30-/m1/s1. The molecule has 0 radical (unpaired) electrons. The molecule has 0 spiro atoms. The van der Waals surface area contributed by atoms with Crippen LogP contribution in [0.25, 0.3) is 21.8 Å². The van der Waals surface area contributed by atoms with Crippen LogP contribution in [0.2, 0.25) is 0 Å². The SMILES string of the molecule is OCCn1c2cc(C#C[C@H]3O[C@H](CO)[C@@H](O)[C@H](O)[C@@H]3O)ccc2c2ccc(C#C[C@H]3O[C@H](CO)[C@@H](O)[C@H](O)[C@@H]3O)cc21. The highest BCUT2D eigenvalue weighted by molar-refractivity contribution is 6.08. The van der Waals surface area contributed by atoms with E-state index >= 15 is 0 Å². The van der Waals surface area contributed by atoms with Crippen LogP contribution in [0.5, 0.6) is 0 Å². The summed E-state index contributed by atoms with van der Waals surface area (Å²) in [6, 6.07) is 10.9. The lowest BCUT2D eigenvalue weighted by atomic mass is 9.95. The molecule has 224 valence electrons. The van der Waals surface area contributed by atoms with E-state index in [-0.39, 0.29) is 13.2 Å². The van der Waals surface area contributed by atoms with Crippen LogP contribution in [0.15, 0.2) is 36.4 Å². The molecule has 2 aromatic carbocycles. The van der Waals surface area contributed by atoms with Gasteiger partial charge in [-0.1, -0.05) is 35.8 Å². The molecule has 2 aliphatic rings. The van der Waals surface area contributed by atoms with Gasteiger partial charge in [-0.3, -0.25) is 0 Å². The minimum Gasteiger partial charge on any atom is -0.395 e. The topological polar surface area (TPSA) is 205 Å². The Balaban J connectivity index is 1.47. The predicted molar refractivity (Wildman–Crippen MR) is 148 cm³/mol. The number of benzene rings is 2. The van der Waals surface area contributed by atoms with Gasteiger partial charge in [-0.05, 0) is 24.3 Å². The van der Waals surface area contributed by atoms with Crippen LogP contribution >= 0.6 is 0 Å². The largest absolute Gasteiger partial charge is 0.395 e. The van der Waals surface area contributed by atoms with Crippen LogP contribution in [0.3, 0.4) is 0 Å². The number of aliphatic hydroxyl groups excluding tert-OH is 9. The van der Waals surface area contributed by atoms with Gasteiger partial charge in [-0.25, -0.2) is 0 Å². The highest BCUT2D eigenvalue weighted by Gasteiger charge is 2.43. The van der Waals surface area contributed by atoms with Crippen molar-refractivity contribution in [3.8, 4) is 23.7 Å². The molecule has 2 aliphatic heterocycles. The molecule has 3 aromatic rings. The van der Waals surface area contributed by atoms with Crippen molar-refractivity contribution in [1.82, 2.24) is 4.57 Å². The number of nitrogens with zero attached hydrogens (tertiary/aromatic N) is 1. The summed E-state index contributed by atoms with van der Waals surface area (Å²) in [6.07, 6.45) is -13.3. The molecule has 0 saturated carbocycles. The molecular formula is C30H33NO11. The Bertz CT molecular complexity index is 1430. The van der Waals surface area contributed by atoms with Gasteiger partial charge in [0.15, 0.2) is 0 Å². The van der Waals surface area contributed by atoms with Crippen LogP contribution < -0.4 is 0 Å². The maximum atomic E-state index is 10.3. The van der Waals surface area contributed by atoms with Gasteiger partial charge in [0.2, 0.25) is 0 Å². The zero-order chi connectivity index (χ0) is 30.1. The van der Waals surface area contributed by atoms with Crippen molar-refractivity contribution in [3.63, 3.8) is 0 Å². The van der Waals surface area contributed by atoms with Crippen molar-refractivity contribution in [1.29, 1.82) is 0 Å². The van der Waals surface area contributed by atoms with Gasteiger partial charge in [0.25, 0.3) is 0 Å². The van der Waals surface area contributed by atoms with Crippen LogP contribution in [0.1, 0.15) is 11.1 Å². The fraction of sp³-hybridized carbons (Fsp3) is 0.467. The maximum absolute atomic E-state index is 10.3. The van der Waals surface area contributed by atoms with Gasteiger partial charge in [0.1, 0.15) is 61.0 Å². The first-order valence-corrected chi connectivity index (χ1v) is 13.5. The first kappa shape index (κ1) is 30.4. The fourth-order valence-electron chi connectivity index (χ4n) is 5.34. The second-order valence-corrected chi connectivity index (χ2v) is 10.4. The molecule has 2 fully saturated rings. The monoisotopic (exact) mass is 583 g/mol. The van der Waals surface area contributed by atoms with Gasteiger partial charge in [0.05, 0.1) is 30.9 Å². The summed E-state index contributed by atoms with van der Waals surface area (Å²) in [5, 5.41) is 90.9. The van der Waals surface area contributed by atoms with Gasteiger partial charge in [-0.2, -0.15) is 0 Å². The summed E-state index contributed by atoms with van der Waals surface area (Å²) in [7, 11) is 0. The van der Waals surface area contributed by atoms with E-state index in [1.807, 2.05) is 16.7 Å². The summed E-state index contributed by atoms with van der Waals surface area (Å²) in [5.74, 6) is 11.4. The molecule has 0 unspecified atom stereocenters. The van der Waals surface area contributed by atoms with E-state index < -0.39 is 74.3 Å². The molecule has 1 aromatic heterocycles. The molecule has 12 nitrogen and oxygen atoms in total. The maximum Gasteiger partial charge on any atom is 0.147 e. The van der Waals surface area contributed by atoms with Gasteiger partial charge < -0.3 is 60.0 Å². The van der Waals surface area contributed by atoms with Gasteiger partial charge in [0, 0.05) is 28.4 Å². The molecule has 12 heteroatoms. The molecule has 42 heavy (non-hydrogen) atoms. The molecular weight excluding hydrogens is 550 g/mol. The molecule has 0 amide bonds. The zero-order valence-corrected chi connectivity index (χ0v) is 22.4. The number of aromatic nitrogens is 1. The number of fused-ring (bicyclic) bond motifs is 3. The highest BCUT2D eigenvalue weighted by Crippen LogP contribution is 2.31. The highest BCUT2D eigenvalue weighted by atomic mass is 16.5. The second kappa shape index (κ2) is 12.7. The van der Waals surface area contributed by atoms with E-state index in [1.54, 1.807) is 24.3 Å². The fourth-order valence-corrected chi connectivity index (χ4v) is 5.34. The Morgan fingerprint density at radius 2 is 1.02 bits per heavy atom. The van der Waals surface area contributed by atoms with Crippen molar-refractivity contribution in [3.05, 3.63) is 47.5 Å². The van der Waals surface area contributed by atoms with Gasteiger partial charge >= 0.3 is 0 Å². The predicted octanol–water partition coefficient (Wildman–Crippen LogP) is -2.83. The van der Waals surface area contributed by atoms with E-state index in [4.69, 9.17) is 9.47 Å². The van der Waals surface area contributed by atoms with Crippen molar-refractivity contribution < 1.29 is 55.4 Å². The van der Waals surface area contributed by atoms with Crippen molar-refractivity contribution in [2.75, 3.05) is 19.8 Å². The van der Waals surface area contributed by atoms with E-state index in [0.717, 1.165) is 21.8 Å². The Labute approximate surface area is 240 Å². The summed E-state index contributed by atoms with van der Waals surface area (Å²) in [6.45, 7) is -0.996. The lowest BCUT2D eigenvalue weighted by Gasteiger charge is -2.37. The van der Waals surface area contributed by atoms with Crippen LogP contribution in [0.4, 0.5) is 0 Å². The normalized spacial score (nSPS) is 33.2. The first-order chi connectivity index (χ1) is 20.2. The Morgan fingerprint density at radius 3 is 1.40 bits per heavy atom. The smallest absolute Gasteiger partial charge is 0.147 e. The Kier molecular flexibility index (Phi) is 9.15. The quantitative estimate of drug-likeness (QED) is 0.143. The average Bonchev–Trinajstić information content (AvgIpc) is 3.30. The zero-order valence-electron chi connectivity index (χ0n) is 22.4. The third-order valence-electron chi connectivity index (χ3n) is 7.69. The van der Waals surface area contributed by atoms with Crippen molar-refractivity contribution in [2.45, 2.75) is 67.6 Å².